The molecule has 1 aliphatic heterocycles. The van der Waals surface area contributed by atoms with Gasteiger partial charge in [0.25, 0.3) is 0 Å². The van der Waals surface area contributed by atoms with Crippen LogP contribution < -0.4 is 10.2 Å². The zero-order valence-corrected chi connectivity index (χ0v) is 16.2. The highest BCUT2D eigenvalue weighted by atomic mass is 19.1. The first-order valence-electron chi connectivity index (χ1n) is 10.3. The smallest absolute Gasteiger partial charge is 0.238 e. The first-order valence-corrected chi connectivity index (χ1v) is 10.3. The molecular weight excluding hydrogens is 353 g/mol. The monoisotopic (exact) mass is 381 g/mol. The molecule has 28 heavy (non-hydrogen) atoms. The number of benzene rings is 2. The lowest BCUT2D eigenvalue weighted by Crippen LogP contribution is -2.34. The van der Waals surface area contributed by atoms with Crippen molar-refractivity contribution < 1.29 is 9.18 Å². The fraction of sp³-hybridized carbons (Fsp3) is 0.435. The van der Waals surface area contributed by atoms with E-state index in [4.69, 9.17) is 0 Å². The normalized spacial score (nSPS) is 17.0. The molecule has 1 amide bonds. The van der Waals surface area contributed by atoms with Crippen LogP contribution in [0.15, 0.2) is 48.5 Å². The zero-order chi connectivity index (χ0) is 19.3. The van der Waals surface area contributed by atoms with Crippen molar-refractivity contribution in [3.63, 3.8) is 0 Å². The second-order valence-electron chi connectivity index (χ2n) is 7.87. The van der Waals surface area contributed by atoms with Crippen molar-refractivity contribution in [2.24, 2.45) is 0 Å². The summed E-state index contributed by atoms with van der Waals surface area (Å²) in [5.74, 6) is -0.254. The van der Waals surface area contributed by atoms with Crippen LogP contribution >= 0.6 is 0 Å². The Morgan fingerprint density at radius 3 is 2.43 bits per heavy atom. The summed E-state index contributed by atoms with van der Waals surface area (Å²) >= 11 is 0. The first-order chi connectivity index (χ1) is 13.7. The Morgan fingerprint density at radius 1 is 1.04 bits per heavy atom. The van der Waals surface area contributed by atoms with Gasteiger partial charge < -0.3 is 10.2 Å². The van der Waals surface area contributed by atoms with Gasteiger partial charge in [-0.15, -0.1) is 0 Å². The lowest BCUT2D eigenvalue weighted by Gasteiger charge is -2.29. The van der Waals surface area contributed by atoms with Gasteiger partial charge in [0, 0.05) is 42.6 Å². The number of halogens is 1. The average Bonchev–Trinajstić information content (AvgIpc) is 3.56. The van der Waals surface area contributed by atoms with Crippen LogP contribution in [0.2, 0.25) is 0 Å². The lowest BCUT2D eigenvalue weighted by atomic mass is 10.1. The minimum atomic E-state index is -0.207. The molecule has 1 N–H and O–H groups in total. The van der Waals surface area contributed by atoms with Gasteiger partial charge in [-0.2, -0.15) is 0 Å². The summed E-state index contributed by atoms with van der Waals surface area (Å²) in [7, 11) is 0. The van der Waals surface area contributed by atoms with E-state index in [2.05, 4.69) is 27.2 Å². The van der Waals surface area contributed by atoms with E-state index in [1.54, 1.807) is 12.1 Å². The van der Waals surface area contributed by atoms with Crippen molar-refractivity contribution >= 4 is 17.3 Å². The summed E-state index contributed by atoms with van der Waals surface area (Å²) in [6, 6.07) is 15.3. The molecule has 1 aliphatic carbocycles. The number of carbonyl (C=O) groups is 1. The van der Waals surface area contributed by atoms with Crippen LogP contribution in [0.25, 0.3) is 0 Å². The van der Waals surface area contributed by atoms with Gasteiger partial charge in [-0.3, -0.25) is 9.69 Å². The Bertz CT molecular complexity index is 798. The number of piperidine rings is 1. The van der Waals surface area contributed by atoms with Gasteiger partial charge in [-0.05, 0) is 62.4 Å². The van der Waals surface area contributed by atoms with Gasteiger partial charge in [-0.25, -0.2) is 4.39 Å². The molecule has 1 saturated heterocycles. The van der Waals surface area contributed by atoms with E-state index >= 15 is 0 Å². The van der Waals surface area contributed by atoms with Crippen LogP contribution in [0.5, 0.6) is 0 Å². The highest BCUT2D eigenvalue weighted by molar-refractivity contribution is 5.92. The summed E-state index contributed by atoms with van der Waals surface area (Å²) in [4.78, 5) is 17.0. The maximum Gasteiger partial charge on any atom is 0.238 e. The summed E-state index contributed by atoms with van der Waals surface area (Å²) < 4.78 is 14.0. The molecule has 148 valence electrons. The molecule has 2 aromatic rings. The zero-order valence-electron chi connectivity index (χ0n) is 16.2. The van der Waals surface area contributed by atoms with Gasteiger partial charge in [0.15, 0.2) is 0 Å². The van der Waals surface area contributed by atoms with E-state index in [1.165, 1.54) is 31.0 Å². The van der Waals surface area contributed by atoms with E-state index in [0.717, 1.165) is 31.6 Å². The highest BCUT2D eigenvalue weighted by Gasteiger charge is 2.30. The predicted octanol–water partition coefficient (Wildman–Crippen LogP) is 4.42. The van der Waals surface area contributed by atoms with Gasteiger partial charge in [0.1, 0.15) is 5.82 Å². The largest absolute Gasteiger partial charge is 0.372 e. The van der Waals surface area contributed by atoms with Crippen molar-refractivity contribution in [3.05, 3.63) is 59.9 Å². The summed E-state index contributed by atoms with van der Waals surface area (Å²) in [6.07, 6.45) is 5.96. The Hall–Kier alpha value is -2.40. The third-order valence-corrected chi connectivity index (χ3v) is 5.61. The first kappa shape index (κ1) is 18.9. The van der Waals surface area contributed by atoms with E-state index in [1.807, 2.05) is 18.2 Å². The SMILES string of the molecule is O=C(CN(Cc1ccccc1F)C1CC1)Nc1ccc(N2CCCCC2)cc1. The van der Waals surface area contributed by atoms with Crippen molar-refractivity contribution in [3.8, 4) is 0 Å². The second-order valence-corrected chi connectivity index (χ2v) is 7.87. The van der Waals surface area contributed by atoms with Gasteiger partial charge in [0.05, 0.1) is 6.54 Å². The van der Waals surface area contributed by atoms with Crippen molar-refractivity contribution in [2.75, 3.05) is 29.9 Å². The number of carbonyl (C=O) groups excluding carboxylic acids is 1. The van der Waals surface area contributed by atoms with Crippen LogP contribution in [0.1, 0.15) is 37.7 Å². The van der Waals surface area contributed by atoms with E-state index in [0.29, 0.717) is 18.2 Å². The minimum Gasteiger partial charge on any atom is -0.372 e. The Morgan fingerprint density at radius 2 is 1.75 bits per heavy atom. The molecule has 0 unspecified atom stereocenters. The molecule has 0 radical (unpaired) electrons. The van der Waals surface area contributed by atoms with Crippen molar-refractivity contribution in [1.82, 2.24) is 4.90 Å². The maximum absolute atomic E-state index is 14.0. The molecule has 0 spiro atoms. The topological polar surface area (TPSA) is 35.6 Å². The summed E-state index contributed by atoms with van der Waals surface area (Å²) in [5.41, 5.74) is 2.68. The van der Waals surface area contributed by atoms with Crippen LogP contribution in [0.4, 0.5) is 15.8 Å². The van der Waals surface area contributed by atoms with Crippen LogP contribution in [0.3, 0.4) is 0 Å². The van der Waals surface area contributed by atoms with Crippen LogP contribution in [-0.2, 0) is 11.3 Å². The van der Waals surface area contributed by atoms with E-state index < -0.39 is 0 Å². The maximum atomic E-state index is 14.0. The van der Waals surface area contributed by atoms with Crippen LogP contribution in [0, 0.1) is 5.82 Å². The minimum absolute atomic E-state index is 0.0473. The molecule has 4 rings (SSSR count). The molecular formula is C23H28FN3O. The molecule has 0 bridgehead atoms. The molecule has 2 aliphatic rings. The lowest BCUT2D eigenvalue weighted by molar-refractivity contribution is -0.117. The molecule has 0 aromatic heterocycles. The molecule has 1 heterocycles. The third-order valence-electron chi connectivity index (χ3n) is 5.61. The molecule has 1 saturated carbocycles. The Balaban J connectivity index is 1.34. The van der Waals surface area contributed by atoms with E-state index in [9.17, 15) is 9.18 Å². The quantitative estimate of drug-likeness (QED) is 0.771. The van der Waals surface area contributed by atoms with Crippen LogP contribution in [-0.4, -0.2) is 36.5 Å². The van der Waals surface area contributed by atoms with Crippen molar-refractivity contribution in [1.29, 1.82) is 0 Å². The van der Waals surface area contributed by atoms with Gasteiger partial charge in [0.2, 0.25) is 5.91 Å². The van der Waals surface area contributed by atoms with Gasteiger partial charge >= 0.3 is 0 Å². The fourth-order valence-electron chi connectivity index (χ4n) is 3.89. The number of hydrogen-bond acceptors (Lipinski definition) is 3. The second kappa shape index (κ2) is 8.74. The number of rotatable bonds is 7. The predicted molar refractivity (Wildman–Crippen MR) is 111 cm³/mol. The van der Waals surface area contributed by atoms with Crippen molar-refractivity contribution in [2.45, 2.75) is 44.7 Å². The molecule has 5 heteroatoms. The molecule has 2 aromatic carbocycles. The number of nitrogens with one attached hydrogen (secondary N) is 1. The fourth-order valence-corrected chi connectivity index (χ4v) is 3.89. The Labute approximate surface area is 166 Å². The number of nitrogens with zero attached hydrogens (tertiary/aromatic N) is 2. The Kier molecular flexibility index (Phi) is 5.91. The van der Waals surface area contributed by atoms with Gasteiger partial charge in [-0.1, -0.05) is 18.2 Å². The number of hydrogen-bond donors (Lipinski definition) is 1. The standard InChI is InChI=1S/C23H28FN3O/c24-22-7-3-2-6-18(22)16-27(21-12-13-21)17-23(28)25-19-8-10-20(11-9-19)26-14-4-1-5-15-26/h2-3,6-11,21H,1,4-5,12-17H2,(H,25,28). The highest BCUT2D eigenvalue weighted by Crippen LogP contribution is 2.29. The average molecular weight is 381 g/mol. The number of anilines is 2. The molecule has 2 fully saturated rings. The summed E-state index contributed by atoms with van der Waals surface area (Å²) in [5, 5.41) is 2.99. The number of amides is 1. The molecule has 4 nitrogen and oxygen atoms in total. The molecule has 0 atom stereocenters. The summed E-state index contributed by atoms with van der Waals surface area (Å²) in [6.45, 7) is 2.97. The third kappa shape index (κ3) is 4.90. The van der Waals surface area contributed by atoms with E-state index in [-0.39, 0.29) is 18.3 Å².